The number of hydrogen-bond donors (Lipinski definition) is 1. The summed E-state index contributed by atoms with van der Waals surface area (Å²) in [6, 6.07) is 12.8. The monoisotopic (exact) mass is 393 g/mol. The zero-order valence-electron chi connectivity index (χ0n) is 17.0. The minimum Gasteiger partial charge on any atom is -0.368 e. The molecule has 1 saturated heterocycles. The quantitative estimate of drug-likeness (QED) is 0.813. The molecule has 2 aliphatic rings. The second kappa shape index (κ2) is 9.72. The Bertz CT molecular complexity index is 753. The van der Waals surface area contributed by atoms with Crippen LogP contribution in [0.4, 0.5) is 11.6 Å². The molecular weight excluding hydrogens is 362 g/mol. The van der Waals surface area contributed by atoms with Gasteiger partial charge in [0.1, 0.15) is 0 Å². The highest BCUT2D eigenvalue weighted by atomic mass is 16.2. The highest BCUT2D eigenvalue weighted by Crippen LogP contribution is 2.29. The highest BCUT2D eigenvalue weighted by molar-refractivity contribution is 5.76. The Kier molecular flexibility index (Phi) is 6.60. The number of rotatable bonds is 6. The second-order valence-electron chi connectivity index (χ2n) is 8.18. The van der Waals surface area contributed by atoms with Gasteiger partial charge in [-0.05, 0) is 56.2 Å². The largest absolute Gasteiger partial charge is 0.368 e. The van der Waals surface area contributed by atoms with Gasteiger partial charge in [0.15, 0.2) is 0 Å². The predicted octanol–water partition coefficient (Wildman–Crippen LogP) is 3.58. The molecule has 1 aliphatic heterocycles. The van der Waals surface area contributed by atoms with Gasteiger partial charge < -0.3 is 15.1 Å². The zero-order valence-corrected chi connectivity index (χ0v) is 17.0. The van der Waals surface area contributed by atoms with Gasteiger partial charge in [0.25, 0.3) is 0 Å². The van der Waals surface area contributed by atoms with Gasteiger partial charge in [0, 0.05) is 56.7 Å². The lowest BCUT2D eigenvalue weighted by Gasteiger charge is -2.36. The fourth-order valence-electron chi connectivity index (χ4n) is 4.49. The lowest BCUT2D eigenvalue weighted by atomic mass is 9.83. The van der Waals surface area contributed by atoms with Crippen LogP contribution in [-0.4, -0.2) is 53.0 Å². The van der Waals surface area contributed by atoms with E-state index in [1.165, 1.54) is 18.5 Å². The number of carbonyl (C=O) groups is 1. The van der Waals surface area contributed by atoms with Crippen LogP contribution in [0.25, 0.3) is 0 Å². The maximum absolute atomic E-state index is 12.7. The van der Waals surface area contributed by atoms with Gasteiger partial charge in [-0.25, -0.2) is 9.97 Å². The van der Waals surface area contributed by atoms with Crippen LogP contribution in [-0.2, 0) is 4.79 Å². The van der Waals surface area contributed by atoms with Crippen molar-refractivity contribution in [2.75, 3.05) is 36.4 Å². The molecule has 4 rings (SSSR count). The first-order valence-corrected chi connectivity index (χ1v) is 10.9. The first-order chi connectivity index (χ1) is 14.3. The summed E-state index contributed by atoms with van der Waals surface area (Å²) in [6.07, 6.45) is 9.87. The molecule has 6 nitrogen and oxygen atoms in total. The van der Waals surface area contributed by atoms with E-state index in [0.717, 1.165) is 51.4 Å². The summed E-state index contributed by atoms with van der Waals surface area (Å²) in [7, 11) is 0. The minimum absolute atomic E-state index is 0.329. The van der Waals surface area contributed by atoms with Crippen molar-refractivity contribution < 1.29 is 4.79 Å². The van der Waals surface area contributed by atoms with Crippen molar-refractivity contribution in [2.24, 2.45) is 5.92 Å². The Labute approximate surface area is 173 Å². The van der Waals surface area contributed by atoms with E-state index in [-0.39, 0.29) is 0 Å². The Balaban J connectivity index is 1.15. The van der Waals surface area contributed by atoms with Crippen molar-refractivity contribution >= 4 is 17.5 Å². The van der Waals surface area contributed by atoms with Gasteiger partial charge in [0.05, 0.1) is 0 Å². The van der Waals surface area contributed by atoms with Crippen molar-refractivity contribution in [3.63, 3.8) is 0 Å². The van der Waals surface area contributed by atoms with Gasteiger partial charge in [-0.3, -0.25) is 4.79 Å². The van der Waals surface area contributed by atoms with Crippen molar-refractivity contribution in [3.05, 3.63) is 48.8 Å². The summed E-state index contributed by atoms with van der Waals surface area (Å²) in [6.45, 7) is 3.52. The molecule has 29 heavy (non-hydrogen) atoms. The number of anilines is 2. The van der Waals surface area contributed by atoms with Gasteiger partial charge in [-0.1, -0.05) is 18.2 Å². The number of carbonyl (C=O) groups excluding carboxylic acids is 1. The third kappa shape index (κ3) is 5.46. The molecular formula is C23H31N5O. The number of amides is 1. The number of piperazine rings is 1. The topological polar surface area (TPSA) is 61.4 Å². The van der Waals surface area contributed by atoms with E-state index in [4.69, 9.17) is 0 Å². The number of nitrogens with one attached hydrogen (secondary N) is 1. The van der Waals surface area contributed by atoms with Gasteiger partial charge in [-0.2, -0.15) is 0 Å². The van der Waals surface area contributed by atoms with E-state index < -0.39 is 0 Å². The van der Waals surface area contributed by atoms with Crippen molar-refractivity contribution in [2.45, 2.75) is 44.6 Å². The SMILES string of the molecule is O=C(CCC1CCC(Nc2ncccn2)CC1)N1CCN(c2ccccc2)CC1. The summed E-state index contributed by atoms with van der Waals surface area (Å²) >= 11 is 0. The summed E-state index contributed by atoms with van der Waals surface area (Å²) in [4.78, 5) is 25.6. The number of hydrogen-bond acceptors (Lipinski definition) is 5. The number of benzene rings is 1. The summed E-state index contributed by atoms with van der Waals surface area (Å²) in [5.41, 5.74) is 1.26. The predicted molar refractivity (Wildman–Crippen MR) is 116 cm³/mol. The van der Waals surface area contributed by atoms with E-state index in [9.17, 15) is 4.79 Å². The van der Waals surface area contributed by atoms with Crippen molar-refractivity contribution in [1.29, 1.82) is 0 Å². The van der Waals surface area contributed by atoms with Crippen LogP contribution in [0, 0.1) is 5.92 Å². The molecule has 0 unspecified atom stereocenters. The van der Waals surface area contributed by atoms with Gasteiger partial charge >= 0.3 is 0 Å². The smallest absolute Gasteiger partial charge is 0.222 e. The number of para-hydroxylation sites is 1. The van der Waals surface area contributed by atoms with Gasteiger partial charge in [-0.15, -0.1) is 0 Å². The fraction of sp³-hybridized carbons (Fsp3) is 0.522. The van der Waals surface area contributed by atoms with Crippen molar-refractivity contribution in [1.82, 2.24) is 14.9 Å². The molecule has 0 spiro atoms. The fourth-order valence-corrected chi connectivity index (χ4v) is 4.49. The molecule has 1 aromatic heterocycles. The molecule has 0 radical (unpaired) electrons. The Hall–Kier alpha value is -2.63. The lowest BCUT2D eigenvalue weighted by Crippen LogP contribution is -2.48. The van der Waals surface area contributed by atoms with Crippen LogP contribution in [0.3, 0.4) is 0 Å². The molecule has 1 aliphatic carbocycles. The Morgan fingerprint density at radius 2 is 1.62 bits per heavy atom. The molecule has 1 saturated carbocycles. The molecule has 0 bridgehead atoms. The molecule has 0 atom stereocenters. The van der Waals surface area contributed by atoms with E-state index in [2.05, 4.69) is 49.4 Å². The highest BCUT2D eigenvalue weighted by Gasteiger charge is 2.25. The minimum atomic E-state index is 0.329. The zero-order chi connectivity index (χ0) is 19.9. The standard InChI is InChI=1S/C23H31N5O/c29-22(28-17-15-27(16-18-28)21-5-2-1-3-6-21)12-9-19-7-10-20(11-8-19)26-23-24-13-4-14-25-23/h1-6,13-14,19-20H,7-12,15-18H2,(H,24,25,26). The molecule has 1 amide bonds. The number of nitrogens with zero attached hydrogens (tertiary/aromatic N) is 4. The molecule has 1 aromatic carbocycles. The molecule has 1 N–H and O–H groups in total. The molecule has 2 heterocycles. The normalized spacial score (nSPS) is 22.3. The molecule has 154 valence electrons. The van der Waals surface area contributed by atoms with Crippen LogP contribution in [0.5, 0.6) is 0 Å². The summed E-state index contributed by atoms with van der Waals surface area (Å²) in [5.74, 6) is 1.72. The van der Waals surface area contributed by atoms with Crippen LogP contribution in [0.15, 0.2) is 48.8 Å². The molecule has 2 fully saturated rings. The average molecular weight is 394 g/mol. The van der Waals surface area contributed by atoms with Crippen molar-refractivity contribution in [3.8, 4) is 0 Å². The third-order valence-electron chi connectivity index (χ3n) is 6.27. The van der Waals surface area contributed by atoms with Crippen LogP contribution in [0.1, 0.15) is 38.5 Å². The Morgan fingerprint density at radius 1 is 0.931 bits per heavy atom. The first-order valence-electron chi connectivity index (χ1n) is 10.9. The van der Waals surface area contributed by atoms with Crippen LogP contribution >= 0.6 is 0 Å². The molecule has 6 heteroatoms. The van der Waals surface area contributed by atoms with E-state index in [0.29, 0.717) is 24.3 Å². The molecule has 2 aromatic rings. The average Bonchev–Trinajstić information content (AvgIpc) is 2.80. The maximum atomic E-state index is 12.7. The lowest BCUT2D eigenvalue weighted by molar-refractivity contribution is -0.131. The Morgan fingerprint density at radius 3 is 2.31 bits per heavy atom. The summed E-state index contributed by atoms with van der Waals surface area (Å²) < 4.78 is 0. The van der Waals surface area contributed by atoms with E-state index >= 15 is 0 Å². The first kappa shape index (κ1) is 19.7. The van der Waals surface area contributed by atoms with Gasteiger partial charge in [0.2, 0.25) is 11.9 Å². The number of aromatic nitrogens is 2. The second-order valence-corrected chi connectivity index (χ2v) is 8.18. The third-order valence-corrected chi connectivity index (χ3v) is 6.27. The van der Waals surface area contributed by atoms with Crippen LogP contribution < -0.4 is 10.2 Å². The summed E-state index contributed by atoms with van der Waals surface area (Å²) in [5, 5.41) is 3.43. The van der Waals surface area contributed by atoms with E-state index in [1.807, 2.05) is 12.1 Å². The maximum Gasteiger partial charge on any atom is 0.222 e. The van der Waals surface area contributed by atoms with E-state index in [1.54, 1.807) is 12.4 Å². The van der Waals surface area contributed by atoms with Crippen LogP contribution in [0.2, 0.25) is 0 Å².